The van der Waals surface area contributed by atoms with Crippen LogP contribution in [0, 0.1) is 0 Å². The minimum absolute atomic E-state index is 0.0151. The molecule has 1 aromatic carbocycles. The van der Waals surface area contributed by atoms with Crippen LogP contribution in [0.1, 0.15) is 10.4 Å². The number of carboxylic acids is 1. The van der Waals surface area contributed by atoms with E-state index in [1.807, 2.05) is 0 Å². The molecule has 0 atom stereocenters. The maximum atomic E-state index is 11.0. The van der Waals surface area contributed by atoms with Crippen molar-refractivity contribution in [2.75, 3.05) is 0 Å². The molecule has 5 heteroatoms. The van der Waals surface area contributed by atoms with Crippen molar-refractivity contribution in [3.63, 3.8) is 0 Å². The number of ether oxygens (including phenoxy) is 1. The van der Waals surface area contributed by atoms with Crippen molar-refractivity contribution in [2.45, 2.75) is 0 Å². The summed E-state index contributed by atoms with van der Waals surface area (Å²) in [5.41, 5.74) is 0.0151. The van der Waals surface area contributed by atoms with Gasteiger partial charge >= 0.3 is 5.97 Å². The average molecular weight is 250 g/mol. The number of pyridine rings is 1. The van der Waals surface area contributed by atoms with Gasteiger partial charge in [0.1, 0.15) is 11.3 Å². The standard InChI is InChI=1S/C12H8ClNO3/c13-10-5-1-4-9(12(15)16)11(10)17-8-3-2-6-14-7-8/h1-7H,(H,15,16). The predicted octanol–water partition coefficient (Wildman–Crippen LogP) is 3.23. The molecule has 0 aliphatic carbocycles. The summed E-state index contributed by atoms with van der Waals surface area (Å²) in [6.07, 6.45) is 3.08. The zero-order chi connectivity index (χ0) is 12.3. The van der Waals surface area contributed by atoms with E-state index in [2.05, 4.69) is 4.98 Å². The lowest BCUT2D eigenvalue weighted by atomic mass is 10.2. The van der Waals surface area contributed by atoms with Gasteiger partial charge in [-0.1, -0.05) is 17.7 Å². The second-order valence-corrected chi connectivity index (χ2v) is 3.62. The van der Waals surface area contributed by atoms with Gasteiger partial charge in [0.15, 0.2) is 5.75 Å². The number of benzene rings is 1. The fourth-order valence-corrected chi connectivity index (χ4v) is 1.52. The number of carbonyl (C=O) groups is 1. The quantitative estimate of drug-likeness (QED) is 0.907. The Bertz CT molecular complexity index is 543. The maximum Gasteiger partial charge on any atom is 0.339 e. The molecular weight excluding hydrogens is 242 g/mol. The molecule has 0 unspecified atom stereocenters. The van der Waals surface area contributed by atoms with Crippen LogP contribution in [0.15, 0.2) is 42.7 Å². The second kappa shape index (κ2) is 4.84. The highest BCUT2D eigenvalue weighted by molar-refractivity contribution is 6.32. The number of halogens is 1. The average Bonchev–Trinajstić information content (AvgIpc) is 2.33. The Morgan fingerprint density at radius 2 is 2.12 bits per heavy atom. The fourth-order valence-electron chi connectivity index (χ4n) is 1.31. The van der Waals surface area contributed by atoms with Gasteiger partial charge in [0.25, 0.3) is 0 Å². The lowest BCUT2D eigenvalue weighted by Crippen LogP contribution is -2.00. The van der Waals surface area contributed by atoms with Crippen molar-refractivity contribution in [2.24, 2.45) is 0 Å². The van der Waals surface area contributed by atoms with Gasteiger partial charge in [0.05, 0.1) is 11.2 Å². The molecule has 0 aliphatic heterocycles. The Labute approximate surface area is 102 Å². The van der Waals surface area contributed by atoms with Gasteiger partial charge in [0.2, 0.25) is 0 Å². The molecule has 0 spiro atoms. The first-order valence-electron chi connectivity index (χ1n) is 4.78. The monoisotopic (exact) mass is 249 g/mol. The normalized spacial score (nSPS) is 9.94. The largest absolute Gasteiger partial charge is 0.478 e. The van der Waals surface area contributed by atoms with Crippen LogP contribution in [0.4, 0.5) is 0 Å². The van der Waals surface area contributed by atoms with E-state index in [1.54, 1.807) is 30.5 Å². The van der Waals surface area contributed by atoms with Crippen molar-refractivity contribution in [1.82, 2.24) is 4.98 Å². The van der Waals surface area contributed by atoms with E-state index in [0.29, 0.717) is 5.75 Å². The van der Waals surface area contributed by atoms with Crippen LogP contribution in [0.25, 0.3) is 0 Å². The number of aromatic nitrogens is 1. The van der Waals surface area contributed by atoms with E-state index in [1.165, 1.54) is 12.3 Å². The Morgan fingerprint density at radius 3 is 2.76 bits per heavy atom. The summed E-state index contributed by atoms with van der Waals surface area (Å²) in [6.45, 7) is 0. The Balaban J connectivity index is 2.41. The molecule has 0 radical (unpaired) electrons. The van der Waals surface area contributed by atoms with Crippen molar-refractivity contribution < 1.29 is 14.6 Å². The molecule has 0 bridgehead atoms. The lowest BCUT2D eigenvalue weighted by molar-refractivity contribution is 0.0694. The van der Waals surface area contributed by atoms with Gasteiger partial charge in [-0.2, -0.15) is 0 Å². The molecular formula is C12H8ClNO3. The summed E-state index contributed by atoms with van der Waals surface area (Å²) in [7, 11) is 0. The van der Waals surface area contributed by atoms with E-state index in [0.717, 1.165) is 0 Å². The van der Waals surface area contributed by atoms with Crippen LogP contribution in [0.3, 0.4) is 0 Å². The number of hydrogen-bond acceptors (Lipinski definition) is 3. The zero-order valence-corrected chi connectivity index (χ0v) is 9.39. The van der Waals surface area contributed by atoms with Crippen LogP contribution in [-0.2, 0) is 0 Å². The summed E-state index contributed by atoms with van der Waals surface area (Å²) in [5, 5.41) is 9.26. The van der Waals surface area contributed by atoms with Crippen LogP contribution in [-0.4, -0.2) is 16.1 Å². The van der Waals surface area contributed by atoms with E-state index >= 15 is 0 Å². The summed E-state index contributed by atoms with van der Waals surface area (Å²) in [5.74, 6) is -0.538. The summed E-state index contributed by atoms with van der Waals surface area (Å²) < 4.78 is 5.43. The SMILES string of the molecule is O=C(O)c1cccc(Cl)c1Oc1cccnc1. The van der Waals surface area contributed by atoms with Gasteiger partial charge in [-0.3, -0.25) is 4.98 Å². The first-order valence-corrected chi connectivity index (χ1v) is 5.16. The molecule has 1 N–H and O–H groups in total. The molecule has 4 nitrogen and oxygen atoms in total. The molecule has 0 aliphatic rings. The Hall–Kier alpha value is -2.07. The highest BCUT2D eigenvalue weighted by atomic mass is 35.5. The van der Waals surface area contributed by atoms with E-state index in [-0.39, 0.29) is 16.3 Å². The summed E-state index contributed by atoms with van der Waals surface area (Å²) in [6, 6.07) is 7.91. The third kappa shape index (κ3) is 2.54. The van der Waals surface area contributed by atoms with Crippen molar-refractivity contribution in [3.8, 4) is 11.5 Å². The number of aromatic carboxylic acids is 1. The highest BCUT2D eigenvalue weighted by Crippen LogP contribution is 2.32. The van der Waals surface area contributed by atoms with Crippen LogP contribution in [0.5, 0.6) is 11.5 Å². The Kier molecular flexibility index (Phi) is 3.25. The van der Waals surface area contributed by atoms with Crippen LogP contribution >= 0.6 is 11.6 Å². The van der Waals surface area contributed by atoms with Crippen LogP contribution < -0.4 is 4.74 Å². The van der Waals surface area contributed by atoms with Gasteiger partial charge in [-0.25, -0.2) is 4.79 Å². The Morgan fingerprint density at radius 1 is 1.29 bits per heavy atom. The fraction of sp³-hybridized carbons (Fsp3) is 0. The number of para-hydroxylation sites is 1. The topological polar surface area (TPSA) is 59.4 Å². The highest BCUT2D eigenvalue weighted by Gasteiger charge is 2.15. The number of carboxylic acid groups (broad SMARTS) is 1. The summed E-state index contributed by atoms with van der Waals surface area (Å²) >= 11 is 5.91. The number of nitrogens with zero attached hydrogens (tertiary/aromatic N) is 1. The smallest absolute Gasteiger partial charge is 0.339 e. The minimum atomic E-state index is -1.09. The molecule has 17 heavy (non-hydrogen) atoms. The molecule has 1 aromatic heterocycles. The first kappa shape index (κ1) is 11.4. The van der Waals surface area contributed by atoms with Gasteiger partial charge in [-0.15, -0.1) is 0 Å². The molecule has 0 amide bonds. The van der Waals surface area contributed by atoms with E-state index in [4.69, 9.17) is 21.4 Å². The van der Waals surface area contributed by atoms with E-state index in [9.17, 15) is 4.79 Å². The molecule has 2 aromatic rings. The molecule has 0 saturated carbocycles. The molecule has 0 fully saturated rings. The zero-order valence-electron chi connectivity index (χ0n) is 8.63. The summed E-state index contributed by atoms with van der Waals surface area (Å²) in [4.78, 5) is 14.9. The minimum Gasteiger partial charge on any atom is -0.478 e. The predicted molar refractivity (Wildman–Crippen MR) is 62.7 cm³/mol. The van der Waals surface area contributed by atoms with Crippen molar-refractivity contribution >= 4 is 17.6 Å². The lowest BCUT2D eigenvalue weighted by Gasteiger charge is -2.09. The van der Waals surface area contributed by atoms with Crippen LogP contribution in [0.2, 0.25) is 5.02 Å². The van der Waals surface area contributed by atoms with E-state index < -0.39 is 5.97 Å². The number of rotatable bonds is 3. The van der Waals surface area contributed by atoms with Crippen molar-refractivity contribution in [1.29, 1.82) is 0 Å². The third-order valence-electron chi connectivity index (χ3n) is 2.05. The third-order valence-corrected chi connectivity index (χ3v) is 2.35. The first-order chi connectivity index (χ1) is 8.18. The molecule has 2 rings (SSSR count). The van der Waals surface area contributed by atoms with Crippen molar-refractivity contribution in [3.05, 3.63) is 53.3 Å². The molecule has 0 saturated heterocycles. The molecule has 86 valence electrons. The number of hydrogen-bond donors (Lipinski definition) is 1. The molecule has 1 heterocycles. The van der Waals surface area contributed by atoms with Gasteiger partial charge in [-0.05, 0) is 24.3 Å². The second-order valence-electron chi connectivity index (χ2n) is 3.21. The van der Waals surface area contributed by atoms with Gasteiger partial charge in [0, 0.05) is 6.20 Å². The van der Waals surface area contributed by atoms with Gasteiger partial charge < -0.3 is 9.84 Å². The maximum absolute atomic E-state index is 11.0.